The number of rotatable bonds is 10. The number of methoxy groups -OCH3 is 1. The van der Waals surface area contributed by atoms with E-state index in [4.69, 9.17) is 9.47 Å². The van der Waals surface area contributed by atoms with Crippen molar-refractivity contribution in [2.45, 2.75) is 78.9 Å². The molecule has 1 aromatic heterocycles. The maximum atomic E-state index is 12.5. The number of benzene rings is 1. The van der Waals surface area contributed by atoms with Crippen molar-refractivity contribution in [3.05, 3.63) is 65.5 Å². The molecule has 7 nitrogen and oxygen atoms in total. The highest BCUT2D eigenvalue weighted by molar-refractivity contribution is 5.84. The third-order valence-corrected chi connectivity index (χ3v) is 8.91. The van der Waals surface area contributed by atoms with Crippen molar-refractivity contribution in [1.29, 1.82) is 0 Å². The molecule has 0 radical (unpaired) electrons. The van der Waals surface area contributed by atoms with Gasteiger partial charge in [0.05, 0.1) is 26.3 Å². The van der Waals surface area contributed by atoms with Crippen molar-refractivity contribution in [1.82, 2.24) is 15.0 Å². The predicted molar refractivity (Wildman–Crippen MR) is 146 cm³/mol. The summed E-state index contributed by atoms with van der Waals surface area (Å²) in [5.41, 5.74) is 3.86. The van der Waals surface area contributed by atoms with Gasteiger partial charge in [-0.15, -0.1) is 5.10 Å². The molecular formula is C31H41N3O4. The van der Waals surface area contributed by atoms with Gasteiger partial charge in [-0.05, 0) is 78.0 Å². The summed E-state index contributed by atoms with van der Waals surface area (Å²) in [4.78, 5) is 24.3. The number of ether oxygens (including phenoxy) is 2. The molecule has 2 saturated carbocycles. The molecule has 1 unspecified atom stereocenters. The van der Waals surface area contributed by atoms with E-state index in [9.17, 15) is 9.59 Å². The number of aromatic nitrogens is 3. The second kappa shape index (κ2) is 11.7. The fourth-order valence-corrected chi connectivity index (χ4v) is 6.91. The highest BCUT2D eigenvalue weighted by Crippen LogP contribution is 2.61. The molecule has 0 bridgehead atoms. The zero-order valence-electron chi connectivity index (χ0n) is 23.2. The molecule has 2 aromatic rings. The van der Waals surface area contributed by atoms with Gasteiger partial charge in [-0.2, -0.15) is 0 Å². The first-order valence-corrected chi connectivity index (χ1v) is 13.6. The molecule has 204 valence electrons. The number of carbonyl (C=O) groups is 2. The van der Waals surface area contributed by atoms with Crippen LogP contribution in [0.2, 0.25) is 0 Å². The Bertz CT molecular complexity index is 1180. The van der Waals surface area contributed by atoms with Crippen LogP contribution in [0.15, 0.2) is 54.3 Å². The lowest BCUT2D eigenvalue weighted by Crippen LogP contribution is -2.49. The fourth-order valence-electron chi connectivity index (χ4n) is 6.91. The van der Waals surface area contributed by atoms with Crippen LogP contribution in [0.4, 0.5) is 0 Å². The quantitative estimate of drug-likeness (QED) is 0.164. The minimum Gasteiger partial charge on any atom is -0.497 e. The van der Waals surface area contributed by atoms with E-state index in [1.54, 1.807) is 18.0 Å². The molecule has 2 aliphatic carbocycles. The molecule has 3 atom stereocenters. The van der Waals surface area contributed by atoms with Crippen molar-refractivity contribution in [3.63, 3.8) is 0 Å². The van der Waals surface area contributed by atoms with Crippen LogP contribution in [-0.4, -0.2) is 34.4 Å². The average molecular weight is 520 g/mol. The number of fused-ring (bicyclic) bond motifs is 1. The molecule has 0 spiro atoms. The predicted octanol–water partition coefficient (Wildman–Crippen LogP) is 6.08. The molecule has 0 amide bonds. The van der Waals surface area contributed by atoms with E-state index >= 15 is 0 Å². The summed E-state index contributed by atoms with van der Waals surface area (Å²) < 4.78 is 12.3. The fraction of sp³-hybridized carbons (Fsp3) is 0.548. The molecule has 2 aliphatic rings. The van der Waals surface area contributed by atoms with Crippen LogP contribution >= 0.6 is 0 Å². The minimum atomic E-state index is -0.446. The van der Waals surface area contributed by atoms with Crippen molar-refractivity contribution in [2.75, 3.05) is 7.11 Å². The SMILES string of the molecule is C=C1CC[C@H]2C(C)(C)CCC[C@]2(C)C1C/C=C(/C=O)CC(=O)OCc1cn(Cc2ccc(OC)cc2)nn1. The molecule has 4 rings (SSSR count). The van der Waals surface area contributed by atoms with Gasteiger partial charge in [-0.1, -0.05) is 62.8 Å². The van der Waals surface area contributed by atoms with E-state index in [0.29, 0.717) is 35.1 Å². The second-order valence-electron chi connectivity index (χ2n) is 11.9. The van der Waals surface area contributed by atoms with Crippen LogP contribution in [-0.2, 0) is 27.5 Å². The Kier molecular flexibility index (Phi) is 8.54. The number of carbonyl (C=O) groups excluding carboxylic acids is 2. The summed E-state index contributed by atoms with van der Waals surface area (Å²) in [6.45, 7) is 12.2. The Labute approximate surface area is 226 Å². The van der Waals surface area contributed by atoms with Gasteiger partial charge in [0.1, 0.15) is 24.3 Å². The Morgan fingerprint density at radius 3 is 2.68 bits per heavy atom. The molecule has 0 N–H and O–H groups in total. The van der Waals surface area contributed by atoms with Gasteiger partial charge in [0, 0.05) is 0 Å². The van der Waals surface area contributed by atoms with Gasteiger partial charge in [0.2, 0.25) is 0 Å². The number of hydrogen-bond donors (Lipinski definition) is 0. The summed E-state index contributed by atoms with van der Waals surface area (Å²) >= 11 is 0. The maximum Gasteiger partial charge on any atom is 0.310 e. The lowest BCUT2D eigenvalue weighted by atomic mass is 9.47. The van der Waals surface area contributed by atoms with Crippen LogP contribution < -0.4 is 4.74 Å². The second-order valence-corrected chi connectivity index (χ2v) is 11.9. The van der Waals surface area contributed by atoms with Crippen molar-refractivity contribution in [2.24, 2.45) is 22.7 Å². The van der Waals surface area contributed by atoms with Crippen molar-refractivity contribution < 1.29 is 19.1 Å². The molecule has 2 fully saturated rings. The first-order chi connectivity index (χ1) is 18.1. The summed E-state index contributed by atoms with van der Waals surface area (Å²) in [5, 5.41) is 8.21. The van der Waals surface area contributed by atoms with Gasteiger partial charge in [-0.3, -0.25) is 9.59 Å². The van der Waals surface area contributed by atoms with E-state index in [1.165, 1.54) is 31.3 Å². The molecular weight excluding hydrogens is 478 g/mol. The summed E-state index contributed by atoms with van der Waals surface area (Å²) in [6, 6.07) is 7.72. The molecule has 0 aliphatic heterocycles. The molecule has 1 aromatic carbocycles. The third-order valence-electron chi connectivity index (χ3n) is 8.91. The summed E-state index contributed by atoms with van der Waals surface area (Å²) in [7, 11) is 1.63. The molecule has 1 heterocycles. The monoisotopic (exact) mass is 519 g/mol. The first kappa shape index (κ1) is 27.8. The first-order valence-electron chi connectivity index (χ1n) is 13.6. The molecule has 7 heteroatoms. The Balaban J connectivity index is 1.31. The largest absolute Gasteiger partial charge is 0.497 e. The zero-order valence-corrected chi connectivity index (χ0v) is 23.2. The number of aldehydes is 1. The van der Waals surface area contributed by atoms with E-state index in [1.807, 2.05) is 30.3 Å². The van der Waals surface area contributed by atoms with Crippen LogP contribution in [0, 0.1) is 22.7 Å². The van der Waals surface area contributed by atoms with Crippen molar-refractivity contribution in [3.8, 4) is 5.75 Å². The van der Waals surface area contributed by atoms with Gasteiger partial charge >= 0.3 is 5.97 Å². The number of hydrogen-bond acceptors (Lipinski definition) is 6. The Morgan fingerprint density at radius 1 is 1.21 bits per heavy atom. The van der Waals surface area contributed by atoms with E-state index in [0.717, 1.165) is 30.4 Å². The van der Waals surface area contributed by atoms with Crippen molar-refractivity contribution >= 4 is 12.3 Å². The number of allylic oxidation sites excluding steroid dienone is 2. The highest BCUT2D eigenvalue weighted by Gasteiger charge is 2.52. The van der Waals surface area contributed by atoms with Crippen LogP contribution in [0.5, 0.6) is 5.75 Å². The van der Waals surface area contributed by atoms with Crippen LogP contribution in [0.3, 0.4) is 0 Å². The van der Waals surface area contributed by atoms with Gasteiger partial charge in [0.15, 0.2) is 0 Å². The maximum absolute atomic E-state index is 12.5. The van der Waals surface area contributed by atoms with Gasteiger partial charge in [0.25, 0.3) is 0 Å². The zero-order chi connectivity index (χ0) is 27.3. The van der Waals surface area contributed by atoms with Gasteiger partial charge < -0.3 is 9.47 Å². The summed E-state index contributed by atoms with van der Waals surface area (Å²) in [5.74, 6) is 1.32. The molecule has 0 saturated heterocycles. The van der Waals surface area contributed by atoms with Gasteiger partial charge in [-0.25, -0.2) is 4.68 Å². The van der Waals surface area contributed by atoms with Crippen LogP contribution in [0.1, 0.15) is 77.0 Å². The van der Waals surface area contributed by atoms with E-state index in [-0.39, 0.29) is 18.4 Å². The average Bonchev–Trinajstić information content (AvgIpc) is 3.33. The normalized spacial score (nSPS) is 24.9. The standard InChI is InChI=1S/C31H41N3O4/c1-22-7-14-28-30(2,3)15-6-16-31(28,4)27(22)13-10-24(20-35)17-29(36)38-21-25-19-34(33-32-25)18-23-8-11-26(37-5)12-9-23/h8-12,19-20,27-28H,1,6-7,13-18,21H2,2-5H3/b24-10+/t27?,28-,31+/m0/s1. The number of esters is 1. The minimum absolute atomic E-state index is 0.0157. The van der Waals surface area contributed by atoms with E-state index in [2.05, 4.69) is 37.7 Å². The van der Waals surface area contributed by atoms with E-state index < -0.39 is 5.97 Å². The third kappa shape index (κ3) is 6.25. The number of nitrogens with zero attached hydrogens (tertiary/aromatic N) is 3. The topological polar surface area (TPSA) is 83.3 Å². The Morgan fingerprint density at radius 2 is 1.97 bits per heavy atom. The smallest absolute Gasteiger partial charge is 0.310 e. The van der Waals surface area contributed by atoms with Crippen LogP contribution in [0.25, 0.3) is 0 Å². The lowest BCUT2D eigenvalue weighted by molar-refractivity contribution is -0.144. The molecule has 38 heavy (non-hydrogen) atoms. The lowest BCUT2D eigenvalue weighted by Gasteiger charge is -2.58. The Hall–Kier alpha value is -3.22. The highest BCUT2D eigenvalue weighted by atomic mass is 16.5. The summed E-state index contributed by atoms with van der Waals surface area (Å²) in [6.07, 6.45) is 11.1.